The third-order valence-electron chi connectivity index (χ3n) is 2.72. The van der Waals surface area contributed by atoms with Gasteiger partial charge in [-0.05, 0) is 19.3 Å². The van der Waals surface area contributed by atoms with E-state index in [4.69, 9.17) is 5.26 Å². The summed E-state index contributed by atoms with van der Waals surface area (Å²) in [6, 6.07) is 2.11. The number of aldehydes is 1. The molecule has 0 bridgehead atoms. The van der Waals surface area contributed by atoms with E-state index >= 15 is 0 Å². The number of carbonyl (C=O) groups is 1. The molecule has 0 rings (SSSR count). The van der Waals surface area contributed by atoms with Crippen molar-refractivity contribution >= 4 is 6.29 Å². The minimum Gasteiger partial charge on any atom is -0.303 e. The van der Waals surface area contributed by atoms with Crippen LogP contribution in [0.3, 0.4) is 0 Å². The predicted molar refractivity (Wildman–Crippen MR) is 53.2 cm³/mol. The van der Waals surface area contributed by atoms with Crippen LogP contribution in [0.2, 0.25) is 0 Å². The van der Waals surface area contributed by atoms with Gasteiger partial charge in [-0.25, -0.2) is 0 Å². The second kappa shape index (κ2) is 6.65. The highest BCUT2D eigenvalue weighted by Crippen LogP contribution is 2.31. The molecule has 2 heteroatoms. The summed E-state index contributed by atoms with van der Waals surface area (Å²) in [6.45, 7) is 4.15. The van der Waals surface area contributed by atoms with Crippen LogP contribution in [0.1, 0.15) is 52.4 Å². The van der Waals surface area contributed by atoms with Crippen LogP contribution in [0.25, 0.3) is 0 Å². The molecule has 0 aliphatic carbocycles. The van der Waals surface area contributed by atoms with E-state index in [0.717, 1.165) is 38.4 Å². The fourth-order valence-electron chi connectivity index (χ4n) is 1.51. The number of hydrogen-bond donors (Lipinski definition) is 0. The summed E-state index contributed by atoms with van der Waals surface area (Å²) < 4.78 is 0. The van der Waals surface area contributed by atoms with Crippen LogP contribution in [0.4, 0.5) is 0 Å². The average molecular weight is 181 g/mol. The minimum absolute atomic E-state index is 0.217. The maximum atomic E-state index is 11.0. The molecule has 13 heavy (non-hydrogen) atoms. The molecule has 0 aromatic carbocycles. The molecule has 0 aliphatic rings. The van der Waals surface area contributed by atoms with Crippen molar-refractivity contribution < 1.29 is 4.79 Å². The minimum atomic E-state index is -0.217. The molecule has 1 atom stereocenters. The van der Waals surface area contributed by atoms with Crippen LogP contribution in [0.15, 0.2) is 0 Å². The number of unbranched alkanes of at least 4 members (excludes halogenated alkanes) is 1. The highest BCUT2D eigenvalue weighted by molar-refractivity contribution is 5.59. The summed E-state index contributed by atoms with van der Waals surface area (Å²) in [5.41, 5.74) is -0.217. The molecule has 0 heterocycles. The van der Waals surface area contributed by atoms with Gasteiger partial charge in [0.15, 0.2) is 0 Å². The van der Waals surface area contributed by atoms with E-state index in [-0.39, 0.29) is 5.41 Å². The van der Waals surface area contributed by atoms with Crippen molar-refractivity contribution in [1.29, 1.82) is 5.26 Å². The maximum Gasteiger partial charge on any atom is 0.126 e. The molecule has 0 unspecified atom stereocenters. The van der Waals surface area contributed by atoms with Crippen molar-refractivity contribution in [3.8, 4) is 6.07 Å². The first-order valence-electron chi connectivity index (χ1n) is 5.08. The van der Waals surface area contributed by atoms with Crippen molar-refractivity contribution in [3.63, 3.8) is 0 Å². The van der Waals surface area contributed by atoms with E-state index in [1.807, 2.05) is 6.92 Å². The Morgan fingerprint density at radius 2 is 2.08 bits per heavy atom. The highest BCUT2D eigenvalue weighted by Gasteiger charge is 2.26. The Labute approximate surface area is 80.9 Å². The molecular formula is C11H19NO. The van der Waals surface area contributed by atoms with E-state index in [0.29, 0.717) is 6.42 Å². The summed E-state index contributed by atoms with van der Waals surface area (Å²) in [7, 11) is 0. The van der Waals surface area contributed by atoms with Gasteiger partial charge in [-0.1, -0.05) is 26.7 Å². The van der Waals surface area contributed by atoms with Crippen molar-refractivity contribution in [2.75, 3.05) is 0 Å². The highest BCUT2D eigenvalue weighted by atomic mass is 16.1. The summed E-state index contributed by atoms with van der Waals surface area (Å²) in [4.78, 5) is 11.0. The van der Waals surface area contributed by atoms with Crippen LogP contribution in [0.5, 0.6) is 0 Å². The van der Waals surface area contributed by atoms with Gasteiger partial charge in [0.05, 0.1) is 6.07 Å². The van der Waals surface area contributed by atoms with E-state index in [1.54, 1.807) is 0 Å². The zero-order valence-corrected chi connectivity index (χ0v) is 8.68. The SMILES string of the molecule is CCCC[C@@](C=O)(CC)CCC#N. The molecular weight excluding hydrogens is 162 g/mol. The lowest BCUT2D eigenvalue weighted by atomic mass is 9.78. The first kappa shape index (κ1) is 12.2. The van der Waals surface area contributed by atoms with E-state index < -0.39 is 0 Å². The van der Waals surface area contributed by atoms with Gasteiger partial charge in [0.1, 0.15) is 6.29 Å². The molecule has 0 saturated heterocycles. The van der Waals surface area contributed by atoms with Crippen molar-refractivity contribution in [1.82, 2.24) is 0 Å². The summed E-state index contributed by atoms with van der Waals surface area (Å²) >= 11 is 0. The van der Waals surface area contributed by atoms with Gasteiger partial charge in [-0.2, -0.15) is 5.26 Å². The summed E-state index contributed by atoms with van der Waals surface area (Å²) in [5, 5.41) is 8.48. The predicted octanol–water partition coefficient (Wildman–Crippen LogP) is 3.08. The van der Waals surface area contributed by atoms with E-state index in [9.17, 15) is 4.79 Å². The molecule has 74 valence electrons. The standard InChI is InChI=1S/C11H19NO/c1-3-5-7-11(4-2,10-13)8-6-9-12/h10H,3-8H2,1-2H3/t11-/m0/s1. The van der Waals surface area contributed by atoms with Crippen LogP contribution in [0, 0.1) is 16.7 Å². The molecule has 2 nitrogen and oxygen atoms in total. The lowest BCUT2D eigenvalue weighted by Crippen LogP contribution is -2.21. The van der Waals surface area contributed by atoms with Gasteiger partial charge in [-0.3, -0.25) is 0 Å². The zero-order valence-electron chi connectivity index (χ0n) is 8.68. The number of nitriles is 1. The fraction of sp³-hybridized carbons (Fsp3) is 0.818. The second-order valence-corrected chi connectivity index (χ2v) is 3.60. The van der Waals surface area contributed by atoms with Crippen LogP contribution in [-0.2, 0) is 4.79 Å². The number of hydrogen-bond acceptors (Lipinski definition) is 2. The normalized spacial score (nSPS) is 14.5. The molecule has 0 fully saturated rings. The number of rotatable bonds is 7. The maximum absolute atomic E-state index is 11.0. The van der Waals surface area contributed by atoms with Gasteiger partial charge < -0.3 is 4.79 Å². The van der Waals surface area contributed by atoms with Crippen LogP contribution >= 0.6 is 0 Å². The van der Waals surface area contributed by atoms with Gasteiger partial charge in [0.2, 0.25) is 0 Å². The van der Waals surface area contributed by atoms with Gasteiger partial charge in [0, 0.05) is 11.8 Å². The Bertz CT molecular complexity index is 183. The molecule has 0 N–H and O–H groups in total. The zero-order chi connectivity index (χ0) is 10.2. The molecule has 0 amide bonds. The van der Waals surface area contributed by atoms with Crippen LogP contribution in [-0.4, -0.2) is 6.29 Å². The monoisotopic (exact) mass is 181 g/mol. The van der Waals surface area contributed by atoms with E-state index in [1.165, 1.54) is 0 Å². The Morgan fingerprint density at radius 1 is 1.38 bits per heavy atom. The Kier molecular flexibility index (Phi) is 6.22. The molecule has 0 saturated carbocycles. The largest absolute Gasteiger partial charge is 0.303 e. The molecule has 0 aromatic rings. The fourth-order valence-corrected chi connectivity index (χ4v) is 1.51. The summed E-state index contributed by atoms with van der Waals surface area (Å²) in [5.74, 6) is 0. The molecule has 0 aromatic heterocycles. The van der Waals surface area contributed by atoms with Crippen molar-refractivity contribution in [2.45, 2.75) is 52.4 Å². The smallest absolute Gasteiger partial charge is 0.126 e. The number of nitrogens with zero attached hydrogens (tertiary/aromatic N) is 1. The number of carbonyl (C=O) groups excluding carboxylic acids is 1. The van der Waals surface area contributed by atoms with Crippen LogP contribution < -0.4 is 0 Å². The topological polar surface area (TPSA) is 40.9 Å². The van der Waals surface area contributed by atoms with Crippen molar-refractivity contribution in [2.24, 2.45) is 5.41 Å². The molecule has 0 spiro atoms. The molecule has 0 aliphatic heterocycles. The third kappa shape index (κ3) is 4.07. The quantitative estimate of drug-likeness (QED) is 0.566. The third-order valence-corrected chi connectivity index (χ3v) is 2.72. The average Bonchev–Trinajstić information content (AvgIpc) is 2.20. The lowest BCUT2D eigenvalue weighted by Gasteiger charge is -2.25. The van der Waals surface area contributed by atoms with Crippen molar-refractivity contribution in [3.05, 3.63) is 0 Å². The first-order valence-corrected chi connectivity index (χ1v) is 5.08. The Hall–Kier alpha value is -0.840. The van der Waals surface area contributed by atoms with Gasteiger partial charge in [0.25, 0.3) is 0 Å². The summed E-state index contributed by atoms with van der Waals surface area (Å²) in [6.07, 6.45) is 6.27. The van der Waals surface area contributed by atoms with Gasteiger partial charge in [-0.15, -0.1) is 0 Å². The Morgan fingerprint density at radius 3 is 2.46 bits per heavy atom. The second-order valence-electron chi connectivity index (χ2n) is 3.60. The lowest BCUT2D eigenvalue weighted by molar-refractivity contribution is -0.117. The van der Waals surface area contributed by atoms with Gasteiger partial charge >= 0.3 is 0 Å². The van der Waals surface area contributed by atoms with E-state index in [2.05, 4.69) is 13.0 Å². The Balaban J connectivity index is 4.14. The molecule has 0 radical (unpaired) electrons. The first-order chi connectivity index (χ1) is 6.24.